The highest BCUT2D eigenvalue weighted by Crippen LogP contribution is 2.32. The standard InChI is InChI=1S/C16H16F3NO4/c1-3-24-12(21)6-7-20(9-4-5-9)16(22)10-8-11(17)14(19)15(23-2)13(10)18/h6-9H,3-5H2,1-2H3/b7-6+. The minimum atomic E-state index is -1.51. The van der Waals surface area contributed by atoms with Gasteiger partial charge in [0.2, 0.25) is 5.82 Å². The zero-order valence-electron chi connectivity index (χ0n) is 13.1. The van der Waals surface area contributed by atoms with E-state index in [-0.39, 0.29) is 12.6 Å². The van der Waals surface area contributed by atoms with Crippen molar-refractivity contribution in [1.29, 1.82) is 0 Å². The summed E-state index contributed by atoms with van der Waals surface area (Å²) in [5.74, 6) is -6.74. The second-order valence-corrected chi connectivity index (χ2v) is 5.08. The largest absolute Gasteiger partial charge is 0.491 e. The van der Waals surface area contributed by atoms with Crippen LogP contribution in [-0.4, -0.2) is 36.5 Å². The lowest BCUT2D eigenvalue weighted by Gasteiger charge is -2.19. The van der Waals surface area contributed by atoms with Crippen LogP contribution < -0.4 is 4.74 Å². The van der Waals surface area contributed by atoms with E-state index in [2.05, 4.69) is 4.74 Å². The van der Waals surface area contributed by atoms with Crippen LogP contribution in [0.15, 0.2) is 18.3 Å². The Bertz CT molecular complexity index is 686. The maximum absolute atomic E-state index is 14.2. The van der Waals surface area contributed by atoms with E-state index in [4.69, 9.17) is 4.74 Å². The molecule has 0 N–H and O–H groups in total. The number of hydrogen-bond acceptors (Lipinski definition) is 4. The Morgan fingerprint density at radius 2 is 1.96 bits per heavy atom. The lowest BCUT2D eigenvalue weighted by atomic mass is 10.1. The predicted octanol–water partition coefficient (Wildman–Crippen LogP) is 2.79. The first-order valence-electron chi connectivity index (χ1n) is 7.29. The van der Waals surface area contributed by atoms with E-state index in [9.17, 15) is 22.8 Å². The Morgan fingerprint density at radius 3 is 2.50 bits per heavy atom. The van der Waals surface area contributed by atoms with Crippen molar-refractivity contribution in [3.05, 3.63) is 41.4 Å². The Hall–Kier alpha value is -2.51. The molecular formula is C16H16F3NO4. The number of methoxy groups -OCH3 is 1. The average molecular weight is 343 g/mol. The molecule has 0 heterocycles. The maximum Gasteiger partial charge on any atom is 0.332 e. The highest BCUT2D eigenvalue weighted by molar-refractivity contribution is 5.96. The number of rotatable bonds is 6. The molecule has 0 bridgehead atoms. The Balaban J connectivity index is 2.34. The van der Waals surface area contributed by atoms with Crippen molar-refractivity contribution in [3.8, 4) is 5.75 Å². The van der Waals surface area contributed by atoms with Gasteiger partial charge in [-0.1, -0.05) is 0 Å². The van der Waals surface area contributed by atoms with Crippen molar-refractivity contribution in [2.75, 3.05) is 13.7 Å². The number of hydrogen-bond donors (Lipinski definition) is 0. The minimum Gasteiger partial charge on any atom is -0.491 e. The number of halogens is 3. The third-order valence-corrected chi connectivity index (χ3v) is 3.38. The van der Waals surface area contributed by atoms with Crippen LogP contribution in [0.1, 0.15) is 30.1 Å². The molecule has 24 heavy (non-hydrogen) atoms. The fourth-order valence-electron chi connectivity index (χ4n) is 2.09. The molecule has 1 amide bonds. The number of carbonyl (C=O) groups is 2. The highest BCUT2D eigenvalue weighted by Gasteiger charge is 2.34. The number of amides is 1. The molecule has 1 aromatic carbocycles. The van der Waals surface area contributed by atoms with Gasteiger partial charge in [0, 0.05) is 18.3 Å². The van der Waals surface area contributed by atoms with E-state index in [1.54, 1.807) is 6.92 Å². The van der Waals surface area contributed by atoms with Crippen LogP contribution in [0.2, 0.25) is 0 Å². The molecule has 8 heteroatoms. The van der Waals surface area contributed by atoms with E-state index in [1.165, 1.54) is 0 Å². The van der Waals surface area contributed by atoms with Gasteiger partial charge in [0.05, 0.1) is 19.3 Å². The van der Waals surface area contributed by atoms with Crippen LogP contribution in [0.5, 0.6) is 5.75 Å². The third kappa shape index (κ3) is 3.69. The zero-order valence-corrected chi connectivity index (χ0v) is 13.1. The van der Waals surface area contributed by atoms with Gasteiger partial charge in [-0.2, -0.15) is 4.39 Å². The normalized spacial score (nSPS) is 13.9. The summed E-state index contributed by atoms with van der Waals surface area (Å²) < 4.78 is 50.5. The lowest BCUT2D eigenvalue weighted by molar-refractivity contribution is -0.137. The van der Waals surface area contributed by atoms with E-state index in [0.29, 0.717) is 18.9 Å². The van der Waals surface area contributed by atoms with Crippen molar-refractivity contribution in [2.45, 2.75) is 25.8 Å². The van der Waals surface area contributed by atoms with Gasteiger partial charge in [0.1, 0.15) is 0 Å². The van der Waals surface area contributed by atoms with Gasteiger partial charge in [-0.05, 0) is 25.8 Å². The van der Waals surface area contributed by atoms with E-state index < -0.39 is 40.6 Å². The molecule has 0 aromatic heterocycles. The summed E-state index contributed by atoms with van der Waals surface area (Å²) >= 11 is 0. The summed E-state index contributed by atoms with van der Waals surface area (Å²) in [5, 5.41) is 0. The third-order valence-electron chi connectivity index (χ3n) is 3.38. The van der Waals surface area contributed by atoms with E-state index in [1.807, 2.05) is 0 Å². The van der Waals surface area contributed by atoms with Gasteiger partial charge >= 0.3 is 5.97 Å². The van der Waals surface area contributed by atoms with Crippen LogP contribution in [0.4, 0.5) is 13.2 Å². The molecule has 0 saturated heterocycles. The van der Waals surface area contributed by atoms with Gasteiger partial charge in [-0.25, -0.2) is 13.6 Å². The van der Waals surface area contributed by atoms with Crippen molar-refractivity contribution in [2.24, 2.45) is 0 Å². The molecule has 0 aliphatic heterocycles. The van der Waals surface area contributed by atoms with Crippen LogP contribution in [-0.2, 0) is 9.53 Å². The fraction of sp³-hybridized carbons (Fsp3) is 0.375. The molecule has 2 rings (SSSR count). The number of esters is 1. The molecule has 1 aliphatic carbocycles. The second kappa shape index (κ2) is 7.37. The van der Waals surface area contributed by atoms with E-state index >= 15 is 0 Å². The van der Waals surface area contributed by atoms with Gasteiger partial charge in [-0.15, -0.1) is 0 Å². The maximum atomic E-state index is 14.2. The molecule has 0 radical (unpaired) electrons. The Kier molecular flexibility index (Phi) is 5.48. The topological polar surface area (TPSA) is 55.8 Å². The van der Waals surface area contributed by atoms with Crippen LogP contribution >= 0.6 is 0 Å². The molecular weight excluding hydrogens is 327 g/mol. The molecule has 130 valence electrons. The lowest BCUT2D eigenvalue weighted by Crippen LogP contribution is -2.29. The summed E-state index contributed by atoms with van der Waals surface area (Å²) in [5.41, 5.74) is -0.675. The number of nitrogens with zero attached hydrogens (tertiary/aromatic N) is 1. The summed E-state index contributed by atoms with van der Waals surface area (Å²) in [4.78, 5) is 25.0. The monoisotopic (exact) mass is 343 g/mol. The minimum absolute atomic E-state index is 0.162. The molecule has 1 saturated carbocycles. The second-order valence-electron chi connectivity index (χ2n) is 5.08. The predicted molar refractivity (Wildman–Crippen MR) is 77.8 cm³/mol. The number of ether oxygens (including phenoxy) is 2. The summed E-state index contributed by atoms with van der Waals surface area (Å²) in [6.45, 7) is 1.79. The summed E-state index contributed by atoms with van der Waals surface area (Å²) in [7, 11) is 0.967. The van der Waals surface area contributed by atoms with Crippen LogP contribution in [0, 0.1) is 17.5 Å². The Morgan fingerprint density at radius 1 is 1.29 bits per heavy atom. The van der Waals surface area contributed by atoms with Gasteiger partial charge in [-0.3, -0.25) is 4.79 Å². The Labute approximate surface area is 136 Å². The zero-order chi connectivity index (χ0) is 17.9. The van der Waals surface area contributed by atoms with Gasteiger partial charge in [0.15, 0.2) is 17.4 Å². The van der Waals surface area contributed by atoms with Crippen molar-refractivity contribution >= 4 is 11.9 Å². The first kappa shape index (κ1) is 17.8. The molecule has 0 spiro atoms. The molecule has 1 fully saturated rings. The highest BCUT2D eigenvalue weighted by atomic mass is 19.2. The summed E-state index contributed by atoms with van der Waals surface area (Å²) in [6.07, 6.45) is 3.49. The van der Waals surface area contributed by atoms with Crippen molar-refractivity contribution in [3.63, 3.8) is 0 Å². The van der Waals surface area contributed by atoms with Crippen molar-refractivity contribution < 1.29 is 32.2 Å². The first-order chi connectivity index (χ1) is 11.4. The molecule has 5 nitrogen and oxygen atoms in total. The summed E-state index contributed by atoms with van der Waals surface area (Å²) in [6, 6.07) is 0.241. The molecule has 1 aromatic rings. The van der Waals surface area contributed by atoms with Crippen LogP contribution in [0.3, 0.4) is 0 Å². The number of benzene rings is 1. The van der Waals surface area contributed by atoms with Crippen molar-refractivity contribution in [1.82, 2.24) is 4.90 Å². The molecule has 0 unspecified atom stereocenters. The molecule has 0 atom stereocenters. The van der Waals surface area contributed by atoms with Gasteiger partial charge in [0.25, 0.3) is 5.91 Å². The van der Waals surface area contributed by atoms with Crippen LogP contribution in [0.25, 0.3) is 0 Å². The molecule has 1 aliphatic rings. The average Bonchev–Trinajstić information content (AvgIpc) is 3.36. The quantitative estimate of drug-likeness (QED) is 0.453. The SMILES string of the molecule is CCOC(=O)/C=C/N(C(=O)c1cc(F)c(F)c(OC)c1F)C1CC1. The van der Waals surface area contributed by atoms with E-state index in [0.717, 1.165) is 24.3 Å². The van der Waals surface area contributed by atoms with Gasteiger partial charge < -0.3 is 14.4 Å². The first-order valence-corrected chi connectivity index (χ1v) is 7.29. The number of carbonyl (C=O) groups excluding carboxylic acids is 2. The smallest absolute Gasteiger partial charge is 0.332 e. The fourth-order valence-corrected chi connectivity index (χ4v) is 2.09.